The Kier molecular flexibility index (Phi) is 5.88. The smallest absolute Gasteiger partial charge is 0.335 e. The van der Waals surface area contributed by atoms with Crippen LogP contribution >= 0.6 is 0 Å². The Morgan fingerprint density at radius 1 is 0.853 bits per heavy atom. The summed E-state index contributed by atoms with van der Waals surface area (Å²) >= 11 is 0. The highest BCUT2D eigenvalue weighted by molar-refractivity contribution is 6.05. The van der Waals surface area contributed by atoms with Crippen molar-refractivity contribution in [2.45, 2.75) is 13.0 Å². The fourth-order valence-corrected chi connectivity index (χ4v) is 4.69. The van der Waals surface area contributed by atoms with E-state index in [-0.39, 0.29) is 11.9 Å². The number of carbonyl (C=O) groups is 1. The summed E-state index contributed by atoms with van der Waals surface area (Å²) in [5, 5.41) is 0. The standard InChI is InChI=1S/C28H26O6/c1-30-23-12-18(9-10-22(23)33-15-17-7-5-4-6-8-17)26-21-14-25(32-3)24(31-2)13-19(21)11-20-16-34-28(29)27(20)26/h4-10,12-14,20H,11,15-16H2,1-3H3. The molecule has 1 aliphatic heterocycles. The van der Waals surface area contributed by atoms with Crippen molar-refractivity contribution in [3.05, 3.63) is 88.5 Å². The molecule has 0 radical (unpaired) electrons. The van der Waals surface area contributed by atoms with Crippen LogP contribution in [0.3, 0.4) is 0 Å². The molecule has 1 atom stereocenters. The average molecular weight is 459 g/mol. The molecule has 1 heterocycles. The minimum absolute atomic E-state index is 0.00639. The number of methoxy groups -OCH3 is 3. The summed E-state index contributed by atoms with van der Waals surface area (Å²) in [6, 6.07) is 19.6. The van der Waals surface area contributed by atoms with Crippen LogP contribution in [0.15, 0.2) is 66.2 Å². The van der Waals surface area contributed by atoms with Gasteiger partial charge in [-0.3, -0.25) is 0 Å². The van der Waals surface area contributed by atoms with Gasteiger partial charge in [0.2, 0.25) is 0 Å². The molecule has 1 saturated heterocycles. The molecule has 0 saturated carbocycles. The van der Waals surface area contributed by atoms with Crippen molar-refractivity contribution in [3.63, 3.8) is 0 Å². The first kappa shape index (κ1) is 21.9. The Morgan fingerprint density at radius 3 is 2.29 bits per heavy atom. The van der Waals surface area contributed by atoms with Gasteiger partial charge in [0.25, 0.3) is 0 Å². The lowest BCUT2D eigenvalue weighted by Crippen LogP contribution is -2.17. The van der Waals surface area contributed by atoms with Crippen molar-refractivity contribution < 1.29 is 28.5 Å². The molecule has 3 aromatic carbocycles. The molecule has 0 spiro atoms. The minimum atomic E-state index is -0.274. The number of cyclic esters (lactones) is 1. The summed E-state index contributed by atoms with van der Waals surface area (Å²) in [4.78, 5) is 12.8. The van der Waals surface area contributed by atoms with E-state index in [4.69, 9.17) is 23.7 Å². The molecule has 174 valence electrons. The van der Waals surface area contributed by atoms with Crippen LogP contribution in [0.1, 0.15) is 22.3 Å². The molecule has 2 aliphatic rings. The van der Waals surface area contributed by atoms with Crippen molar-refractivity contribution in [2.75, 3.05) is 27.9 Å². The van der Waals surface area contributed by atoms with Gasteiger partial charge in [-0.15, -0.1) is 0 Å². The molecule has 3 aromatic rings. The van der Waals surface area contributed by atoms with Crippen LogP contribution in [-0.2, 0) is 22.6 Å². The van der Waals surface area contributed by atoms with Crippen LogP contribution in [0, 0.1) is 5.92 Å². The molecule has 0 aromatic heterocycles. The Bertz CT molecular complexity index is 1260. The van der Waals surface area contributed by atoms with E-state index in [0.717, 1.165) is 27.8 Å². The normalized spacial score (nSPS) is 16.4. The fraction of sp³-hybridized carbons (Fsp3) is 0.250. The van der Waals surface area contributed by atoms with Crippen LogP contribution in [0.5, 0.6) is 23.0 Å². The first-order valence-electron chi connectivity index (χ1n) is 11.1. The van der Waals surface area contributed by atoms with Gasteiger partial charge in [-0.05, 0) is 52.9 Å². The van der Waals surface area contributed by atoms with Crippen molar-refractivity contribution in [2.24, 2.45) is 5.92 Å². The van der Waals surface area contributed by atoms with Crippen LogP contribution in [0.2, 0.25) is 0 Å². The van der Waals surface area contributed by atoms with Crippen LogP contribution < -0.4 is 18.9 Å². The quantitative estimate of drug-likeness (QED) is 0.473. The number of fused-ring (bicyclic) bond motifs is 2. The monoisotopic (exact) mass is 458 g/mol. The Hall–Kier alpha value is -3.93. The van der Waals surface area contributed by atoms with Crippen molar-refractivity contribution in [1.82, 2.24) is 0 Å². The number of hydrogen-bond acceptors (Lipinski definition) is 6. The van der Waals surface area contributed by atoms with Crippen LogP contribution in [0.4, 0.5) is 0 Å². The second-order valence-electron chi connectivity index (χ2n) is 8.29. The molecule has 0 bridgehead atoms. The third-order valence-corrected chi connectivity index (χ3v) is 6.35. The molecule has 34 heavy (non-hydrogen) atoms. The summed E-state index contributed by atoms with van der Waals surface area (Å²) in [6.45, 7) is 0.805. The molecular formula is C28H26O6. The molecule has 1 fully saturated rings. The first-order chi connectivity index (χ1) is 16.6. The highest BCUT2D eigenvalue weighted by atomic mass is 16.5. The van der Waals surface area contributed by atoms with E-state index in [1.165, 1.54) is 0 Å². The van der Waals surface area contributed by atoms with Crippen molar-refractivity contribution in [1.29, 1.82) is 0 Å². The molecule has 5 rings (SSSR count). The number of benzene rings is 3. The van der Waals surface area contributed by atoms with E-state index < -0.39 is 0 Å². The fourth-order valence-electron chi connectivity index (χ4n) is 4.69. The highest BCUT2D eigenvalue weighted by Gasteiger charge is 2.39. The van der Waals surface area contributed by atoms with E-state index in [9.17, 15) is 4.79 Å². The van der Waals surface area contributed by atoms with Gasteiger partial charge in [0.15, 0.2) is 23.0 Å². The number of carbonyl (C=O) groups excluding carboxylic acids is 1. The Balaban J connectivity index is 1.58. The maximum absolute atomic E-state index is 12.8. The number of ether oxygens (including phenoxy) is 5. The van der Waals surface area contributed by atoms with Crippen molar-refractivity contribution in [3.8, 4) is 23.0 Å². The molecule has 1 unspecified atom stereocenters. The maximum atomic E-state index is 12.8. The first-order valence-corrected chi connectivity index (χ1v) is 11.1. The lowest BCUT2D eigenvalue weighted by molar-refractivity contribution is -0.135. The summed E-state index contributed by atoms with van der Waals surface area (Å²) < 4.78 is 28.2. The van der Waals surface area contributed by atoms with Crippen LogP contribution in [0.25, 0.3) is 5.57 Å². The molecular weight excluding hydrogens is 432 g/mol. The van der Waals surface area contributed by atoms with E-state index >= 15 is 0 Å². The second kappa shape index (κ2) is 9.14. The molecule has 1 aliphatic carbocycles. The highest BCUT2D eigenvalue weighted by Crippen LogP contribution is 2.46. The van der Waals surface area contributed by atoms with Gasteiger partial charge in [0.1, 0.15) is 6.61 Å². The average Bonchev–Trinajstić information content (AvgIpc) is 3.25. The SMILES string of the molecule is COc1cc2c(cc1OC)C(c1ccc(OCc3ccccc3)c(OC)c1)=C1C(=O)OCC1C2. The Morgan fingerprint density at radius 2 is 1.56 bits per heavy atom. The van der Waals surface area contributed by atoms with E-state index in [1.807, 2.05) is 60.7 Å². The topological polar surface area (TPSA) is 63.2 Å². The van der Waals surface area contributed by atoms with E-state index in [2.05, 4.69) is 0 Å². The van der Waals surface area contributed by atoms with Gasteiger partial charge in [0, 0.05) is 11.5 Å². The molecule has 6 heteroatoms. The van der Waals surface area contributed by atoms with Gasteiger partial charge in [-0.2, -0.15) is 0 Å². The van der Waals surface area contributed by atoms with Crippen LogP contribution in [-0.4, -0.2) is 33.9 Å². The predicted octanol–water partition coefficient (Wildman–Crippen LogP) is 4.82. The van der Waals surface area contributed by atoms with Gasteiger partial charge in [0.05, 0.1) is 33.5 Å². The van der Waals surface area contributed by atoms with E-state index in [0.29, 0.717) is 48.2 Å². The predicted molar refractivity (Wildman–Crippen MR) is 127 cm³/mol. The second-order valence-corrected chi connectivity index (χ2v) is 8.29. The zero-order valence-electron chi connectivity index (χ0n) is 19.4. The largest absolute Gasteiger partial charge is 0.493 e. The van der Waals surface area contributed by atoms with E-state index in [1.54, 1.807) is 21.3 Å². The number of esters is 1. The van der Waals surface area contributed by atoms with Crippen molar-refractivity contribution >= 4 is 11.5 Å². The third kappa shape index (κ3) is 3.85. The minimum Gasteiger partial charge on any atom is -0.493 e. The number of hydrogen-bond donors (Lipinski definition) is 0. The summed E-state index contributed by atoms with van der Waals surface area (Å²) in [5.41, 5.74) is 5.47. The number of rotatable bonds is 7. The molecule has 0 amide bonds. The van der Waals surface area contributed by atoms with Gasteiger partial charge in [-0.25, -0.2) is 4.79 Å². The lowest BCUT2D eigenvalue weighted by Gasteiger charge is -2.26. The summed E-state index contributed by atoms with van der Waals surface area (Å²) in [7, 11) is 4.84. The Labute approximate surface area is 198 Å². The zero-order chi connectivity index (χ0) is 23.7. The van der Waals surface area contributed by atoms with Gasteiger partial charge in [-0.1, -0.05) is 36.4 Å². The lowest BCUT2D eigenvalue weighted by atomic mass is 9.77. The maximum Gasteiger partial charge on any atom is 0.335 e. The molecule has 0 N–H and O–H groups in total. The van der Waals surface area contributed by atoms with Gasteiger partial charge < -0.3 is 23.7 Å². The zero-order valence-corrected chi connectivity index (χ0v) is 19.4. The summed E-state index contributed by atoms with van der Waals surface area (Å²) in [5.74, 6) is 2.22. The molecule has 6 nitrogen and oxygen atoms in total. The third-order valence-electron chi connectivity index (χ3n) is 6.35. The summed E-state index contributed by atoms with van der Waals surface area (Å²) in [6.07, 6.45) is 0.704. The van der Waals surface area contributed by atoms with Gasteiger partial charge >= 0.3 is 5.97 Å².